The highest BCUT2D eigenvalue weighted by Crippen LogP contribution is 2.28. The van der Waals surface area contributed by atoms with E-state index in [2.05, 4.69) is 15.6 Å². The van der Waals surface area contributed by atoms with Gasteiger partial charge in [0.25, 0.3) is 5.91 Å². The number of hydrogen-bond acceptors (Lipinski definition) is 5. The summed E-state index contributed by atoms with van der Waals surface area (Å²) < 4.78 is 19.9. The molecule has 4 rings (SSSR count). The highest BCUT2D eigenvalue weighted by molar-refractivity contribution is 5.97. The second kappa shape index (κ2) is 9.30. The first-order valence-electron chi connectivity index (χ1n) is 9.97. The minimum absolute atomic E-state index is 0.121. The first-order chi connectivity index (χ1) is 15.5. The van der Waals surface area contributed by atoms with Crippen molar-refractivity contribution in [3.05, 3.63) is 89.9 Å². The number of aromatic nitrogens is 3. The van der Waals surface area contributed by atoms with Crippen LogP contribution in [0.2, 0.25) is 0 Å². The summed E-state index contributed by atoms with van der Waals surface area (Å²) in [7, 11) is 1.59. The van der Waals surface area contributed by atoms with Gasteiger partial charge in [-0.2, -0.15) is 0 Å². The van der Waals surface area contributed by atoms with Crippen molar-refractivity contribution < 1.29 is 19.0 Å². The molecule has 3 aromatic carbocycles. The third-order valence-corrected chi connectivity index (χ3v) is 4.98. The van der Waals surface area contributed by atoms with E-state index >= 15 is 0 Å². The lowest BCUT2D eigenvalue weighted by atomic mass is 10.1. The molecule has 162 valence electrons. The minimum atomic E-state index is -0.420. The van der Waals surface area contributed by atoms with Gasteiger partial charge in [-0.3, -0.25) is 4.79 Å². The molecule has 32 heavy (non-hydrogen) atoms. The number of phenols is 1. The monoisotopic (exact) mass is 432 g/mol. The molecule has 0 saturated heterocycles. The van der Waals surface area contributed by atoms with Crippen LogP contribution in [0.1, 0.15) is 15.9 Å². The van der Waals surface area contributed by atoms with E-state index in [0.29, 0.717) is 30.1 Å². The van der Waals surface area contributed by atoms with Gasteiger partial charge in [0, 0.05) is 12.1 Å². The second-order valence-electron chi connectivity index (χ2n) is 7.08. The summed E-state index contributed by atoms with van der Waals surface area (Å²) >= 11 is 0. The van der Waals surface area contributed by atoms with Gasteiger partial charge in [0.15, 0.2) is 0 Å². The number of para-hydroxylation sites is 1. The Balaban J connectivity index is 1.49. The molecule has 0 radical (unpaired) electrons. The van der Waals surface area contributed by atoms with E-state index in [1.54, 1.807) is 37.6 Å². The van der Waals surface area contributed by atoms with E-state index in [9.17, 15) is 14.3 Å². The van der Waals surface area contributed by atoms with Crippen LogP contribution in [0.15, 0.2) is 72.9 Å². The predicted octanol–water partition coefficient (Wildman–Crippen LogP) is 3.76. The van der Waals surface area contributed by atoms with Gasteiger partial charge in [0.05, 0.1) is 24.6 Å². The van der Waals surface area contributed by atoms with Crippen molar-refractivity contribution in [3.8, 4) is 28.4 Å². The van der Waals surface area contributed by atoms with Crippen molar-refractivity contribution >= 4 is 5.91 Å². The van der Waals surface area contributed by atoms with E-state index < -0.39 is 5.91 Å². The molecule has 0 fully saturated rings. The number of phenolic OH excluding ortho intramolecular Hbond substituents is 1. The van der Waals surface area contributed by atoms with Crippen LogP contribution >= 0.6 is 0 Å². The lowest BCUT2D eigenvalue weighted by Gasteiger charge is -2.09. The Labute approximate surface area is 184 Å². The fourth-order valence-corrected chi connectivity index (χ4v) is 3.28. The van der Waals surface area contributed by atoms with Gasteiger partial charge in [-0.25, -0.2) is 9.07 Å². The molecule has 0 atom stereocenters. The van der Waals surface area contributed by atoms with Crippen molar-refractivity contribution in [2.45, 2.75) is 6.42 Å². The Morgan fingerprint density at radius 2 is 1.91 bits per heavy atom. The molecule has 2 N–H and O–H groups in total. The summed E-state index contributed by atoms with van der Waals surface area (Å²) in [6.07, 6.45) is 2.26. The summed E-state index contributed by atoms with van der Waals surface area (Å²) in [5.41, 5.74) is 2.99. The van der Waals surface area contributed by atoms with Crippen LogP contribution < -0.4 is 10.1 Å². The molecule has 0 bridgehead atoms. The summed E-state index contributed by atoms with van der Waals surface area (Å²) in [5.74, 6) is -0.192. The van der Waals surface area contributed by atoms with Gasteiger partial charge < -0.3 is 15.2 Å². The van der Waals surface area contributed by atoms with Crippen LogP contribution in [0.3, 0.4) is 0 Å². The molecular formula is C24H21FN4O3. The lowest BCUT2D eigenvalue weighted by molar-refractivity contribution is 0.0951. The number of nitrogens with zero attached hydrogens (tertiary/aromatic N) is 3. The normalized spacial score (nSPS) is 10.7. The number of carbonyl (C=O) groups is 1. The molecular weight excluding hydrogens is 411 g/mol. The molecule has 1 aromatic heterocycles. The van der Waals surface area contributed by atoms with Crippen LogP contribution in [0.5, 0.6) is 11.5 Å². The van der Waals surface area contributed by atoms with Gasteiger partial charge >= 0.3 is 0 Å². The zero-order valence-electron chi connectivity index (χ0n) is 17.3. The van der Waals surface area contributed by atoms with Crippen molar-refractivity contribution in [2.75, 3.05) is 13.7 Å². The van der Waals surface area contributed by atoms with Crippen molar-refractivity contribution in [1.82, 2.24) is 20.3 Å². The number of halogens is 1. The molecule has 1 heterocycles. The van der Waals surface area contributed by atoms with Crippen LogP contribution in [0.4, 0.5) is 4.39 Å². The smallest absolute Gasteiger partial charge is 0.255 e. The van der Waals surface area contributed by atoms with Crippen molar-refractivity contribution in [1.29, 1.82) is 0 Å². The zero-order valence-corrected chi connectivity index (χ0v) is 17.3. The van der Waals surface area contributed by atoms with E-state index in [0.717, 1.165) is 11.1 Å². The number of ether oxygens (including phenoxy) is 1. The largest absolute Gasteiger partial charge is 0.507 e. The molecule has 0 saturated carbocycles. The Hall–Kier alpha value is -4.20. The van der Waals surface area contributed by atoms with Gasteiger partial charge in [-0.1, -0.05) is 29.5 Å². The van der Waals surface area contributed by atoms with E-state index in [4.69, 9.17) is 4.74 Å². The molecule has 0 unspecified atom stereocenters. The number of amides is 1. The Morgan fingerprint density at radius 3 is 2.69 bits per heavy atom. The Kier molecular flexibility index (Phi) is 6.12. The molecule has 0 aliphatic carbocycles. The quantitative estimate of drug-likeness (QED) is 0.464. The molecule has 7 nitrogen and oxygen atoms in total. The summed E-state index contributed by atoms with van der Waals surface area (Å²) in [5, 5.41) is 21.3. The first-order valence-corrected chi connectivity index (χ1v) is 9.97. The maximum absolute atomic E-state index is 13.0. The van der Waals surface area contributed by atoms with Crippen LogP contribution in [-0.2, 0) is 6.42 Å². The Bertz CT molecular complexity index is 1240. The van der Waals surface area contributed by atoms with Crippen LogP contribution in [0.25, 0.3) is 16.9 Å². The number of benzene rings is 3. The van der Waals surface area contributed by atoms with E-state index in [1.807, 2.05) is 24.3 Å². The van der Waals surface area contributed by atoms with Gasteiger partial charge in [-0.05, 0) is 54.4 Å². The fraction of sp³-hybridized carbons (Fsp3) is 0.125. The average molecular weight is 432 g/mol. The number of rotatable bonds is 7. The van der Waals surface area contributed by atoms with Gasteiger partial charge in [-0.15, -0.1) is 5.10 Å². The SMILES string of the molecule is COc1ccccc1-c1cn(-c2ccc(O)c(C(=O)NCCc3ccc(F)cc3)c2)nn1. The topological polar surface area (TPSA) is 89.3 Å². The molecule has 8 heteroatoms. The molecule has 4 aromatic rings. The number of nitrogens with one attached hydrogen (secondary N) is 1. The fourth-order valence-electron chi connectivity index (χ4n) is 3.28. The average Bonchev–Trinajstić information content (AvgIpc) is 3.30. The summed E-state index contributed by atoms with van der Waals surface area (Å²) in [4.78, 5) is 12.6. The summed E-state index contributed by atoms with van der Waals surface area (Å²) in [6, 6.07) is 18.2. The second-order valence-corrected chi connectivity index (χ2v) is 7.08. The molecule has 0 spiro atoms. The minimum Gasteiger partial charge on any atom is -0.507 e. The number of carbonyl (C=O) groups excluding carboxylic acids is 1. The van der Waals surface area contributed by atoms with Gasteiger partial charge in [0.1, 0.15) is 23.0 Å². The highest BCUT2D eigenvalue weighted by atomic mass is 19.1. The third-order valence-electron chi connectivity index (χ3n) is 4.98. The lowest BCUT2D eigenvalue weighted by Crippen LogP contribution is -2.26. The highest BCUT2D eigenvalue weighted by Gasteiger charge is 2.15. The molecule has 1 amide bonds. The number of aromatic hydroxyl groups is 1. The van der Waals surface area contributed by atoms with Crippen LogP contribution in [0, 0.1) is 5.82 Å². The molecule has 0 aliphatic rings. The first kappa shape index (κ1) is 21.0. The van der Waals surface area contributed by atoms with Crippen LogP contribution in [-0.4, -0.2) is 39.7 Å². The predicted molar refractivity (Wildman–Crippen MR) is 117 cm³/mol. The van der Waals surface area contributed by atoms with Crippen molar-refractivity contribution in [3.63, 3.8) is 0 Å². The van der Waals surface area contributed by atoms with E-state index in [-0.39, 0.29) is 17.1 Å². The number of methoxy groups -OCH3 is 1. The standard InChI is InChI=1S/C24H21FN4O3/c1-32-23-5-3-2-4-19(23)21-15-29(28-27-21)18-10-11-22(30)20(14-18)24(31)26-13-12-16-6-8-17(25)9-7-16/h2-11,14-15,30H,12-13H2,1H3,(H,26,31). The van der Waals surface area contributed by atoms with Crippen molar-refractivity contribution in [2.24, 2.45) is 0 Å². The third kappa shape index (κ3) is 4.59. The van der Waals surface area contributed by atoms with E-state index in [1.165, 1.54) is 22.9 Å². The summed E-state index contributed by atoms with van der Waals surface area (Å²) in [6.45, 7) is 0.343. The maximum atomic E-state index is 13.0. The van der Waals surface area contributed by atoms with Gasteiger partial charge in [0.2, 0.25) is 0 Å². The molecule has 0 aliphatic heterocycles. The Morgan fingerprint density at radius 1 is 1.12 bits per heavy atom. The maximum Gasteiger partial charge on any atom is 0.255 e. The zero-order chi connectivity index (χ0) is 22.5. The number of hydrogen-bond donors (Lipinski definition) is 2.